The summed E-state index contributed by atoms with van der Waals surface area (Å²) in [5.74, 6) is 0.672. The zero-order chi connectivity index (χ0) is 14.9. The number of thiophene rings is 1. The van der Waals surface area contributed by atoms with Crippen LogP contribution in [0.3, 0.4) is 0 Å². The number of hydrogen-bond acceptors (Lipinski definition) is 3. The Balaban J connectivity index is 2.13. The van der Waals surface area contributed by atoms with Gasteiger partial charge in [0.1, 0.15) is 0 Å². The Morgan fingerprint density at radius 3 is 2.60 bits per heavy atom. The molecule has 1 fully saturated rings. The lowest BCUT2D eigenvalue weighted by atomic mass is 9.83. The van der Waals surface area contributed by atoms with Gasteiger partial charge in [-0.05, 0) is 23.5 Å². The summed E-state index contributed by atoms with van der Waals surface area (Å²) in [5.41, 5.74) is 0.288. The minimum absolute atomic E-state index is 0.288. The third kappa shape index (κ3) is 3.97. The third-order valence-corrected chi connectivity index (χ3v) is 5.45. The molecule has 1 N–H and O–H groups in total. The first kappa shape index (κ1) is 16.3. The first-order valence-corrected chi connectivity index (χ1v) is 8.68. The van der Waals surface area contributed by atoms with Crippen LogP contribution in [0.15, 0.2) is 12.1 Å². The monoisotopic (exact) mass is 314 g/mol. The fourth-order valence-corrected chi connectivity index (χ4v) is 4.06. The molecule has 0 radical (unpaired) electrons. The van der Waals surface area contributed by atoms with Crippen molar-refractivity contribution in [3.8, 4) is 0 Å². The van der Waals surface area contributed by atoms with Gasteiger partial charge in [0.2, 0.25) is 0 Å². The first-order chi connectivity index (χ1) is 9.27. The zero-order valence-corrected chi connectivity index (χ0v) is 14.8. The van der Waals surface area contributed by atoms with Gasteiger partial charge in [0, 0.05) is 36.6 Å². The van der Waals surface area contributed by atoms with Gasteiger partial charge in [0.15, 0.2) is 0 Å². The molecule has 1 aromatic heterocycles. The molecule has 2 heterocycles. The summed E-state index contributed by atoms with van der Waals surface area (Å²) in [6.07, 6.45) is 0. The van der Waals surface area contributed by atoms with Crippen molar-refractivity contribution in [3.05, 3.63) is 21.3 Å². The van der Waals surface area contributed by atoms with E-state index in [2.05, 4.69) is 50.9 Å². The lowest BCUT2D eigenvalue weighted by Gasteiger charge is -2.47. The normalized spacial score (nSPS) is 25.4. The summed E-state index contributed by atoms with van der Waals surface area (Å²) in [5, 5.41) is 3.73. The summed E-state index contributed by atoms with van der Waals surface area (Å²) in [7, 11) is 0. The van der Waals surface area contributed by atoms with Crippen LogP contribution in [-0.4, -0.2) is 30.1 Å². The van der Waals surface area contributed by atoms with E-state index in [1.165, 1.54) is 4.88 Å². The minimum Gasteiger partial charge on any atom is -0.311 e. The van der Waals surface area contributed by atoms with Crippen molar-refractivity contribution in [1.29, 1.82) is 0 Å². The van der Waals surface area contributed by atoms with E-state index in [1.807, 2.05) is 6.07 Å². The van der Waals surface area contributed by atoms with E-state index < -0.39 is 0 Å². The Labute approximate surface area is 132 Å². The molecule has 0 bridgehead atoms. The van der Waals surface area contributed by atoms with Crippen LogP contribution in [-0.2, 0) is 6.54 Å². The van der Waals surface area contributed by atoms with Crippen molar-refractivity contribution in [2.45, 2.75) is 53.2 Å². The molecule has 0 spiro atoms. The van der Waals surface area contributed by atoms with Gasteiger partial charge in [-0.15, -0.1) is 11.3 Å². The summed E-state index contributed by atoms with van der Waals surface area (Å²) in [6, 6.07) is 5.33. The molecule has 2 nitrogen and oxygen atoms in total. The van der Waals surface area contributed by atoms with Crippen LogP contribution in [0.1, 0.15) is 39.5 Å². The number of nitrogens with one attached hydrogen (secondary N) is 1. The van der Waals surface area contributed by atoms with Gasteiger partial charge in [0.05, 0.1) is 4.34 Å². The minimum atomic E-state index is 0.288. The number of hydrogen-bond donors (Lipinski definition) is 1. The predicted octanol–water partition coefficient (Wildman–Crippen LogP) is 4.25. The molecule has 0 amide bonds. The van der Waals surface area contributed by atoms with E-state index in [0.29, 0.717) is 18.0 Å². The average molecular weight is 315 g/mol. The number of nitrogens with zero attached hydrogens (tertiary/aromatic N) is 1. The van der Waals surface area contributed by atoms with Crippen molar-refractivity contribution in [2.75, 3.05) is 13.1 Å². The third-order valence-electron chi connectivity index (χ3n) is 4.24. The molecular formula is C16H27ClN2S. The molecular weight excluding hydrogens is 288 g/mol. The van der Waals surface area contributed by atoms with Crippen LogP contribution in [0, 0.1) is 11.3 Å². The molecule has 2 unspecified atom stereocenters. The van der Waals surface area contributed by atoms with Crippen molar-refractivity contribution >= 4 is 22.9 Å². The maximum absolute atomic E-state index is 6.07. The van der Waals surface area contributed by atoms with Gasteiger partial charge < -0.3 is 5.32 Å². The van der Waals surface area contributed by atoms with Crippen LogP contribution in [0.25, 0.3) is 0 Å². The molecule has 2 atom stereocenters. The first-order valence-electron chi connectivity index (χ1n) is 7.49. The van der Waals surface area contributed by atoms with E-state index >= 15 is 0 Å². The highest BCUT2D eigenvalue weighted by atomic mass is 35.5. The van der Waals surface area contributed by atoms with Gasteiger partial charge in [-0.25, -0.2) is 0 Å². The maximum atomic E-state index is 6.07. The lowest BCUT2D eigenvalue weighted by Crippen LogP contribution is -2.61. The van der Waals surface area contributed by atoms with Gasteiger partial charge >= 0.3 is 0 Å². The van der Waals surface area contributed by atoms with E-state index in [1.54, 1.807) is 11.3 Å². The molecule has 1 aliphatic rings. The fourth-order valence-electron chi connectivity index (χ4n) is 2.95. The van der Waals surface area contributed by atoms with E-state index in [9.17, 15) is 0 Å². The van der Waals surface area contributed by atoms with Crippen LogP contribution >= 0.6 is 22.9 Å². The topological polar surface area (TPSA) is 15.3 Å². The predicted molar refractivity (Wildman–Crippen MR) is 89.6 cm³/mol. The molecule has 0 saturated carbocycles. The summed E-state index contributed by atoms with van der Waals surface area (Å²) in [4.78, 5) is 4.01. The molecule has 0 aliphatic carbocycles. The molecule has 2 rings (SSSR count). The number of rotatable bonds is 3. The van der Waals surface area contributed by atoms with E-state index in [-0.39, 0.29) is 5.41 Å². The maximum Gasteiger partial charge on any atom is 0.0931 e. The second-order valence-electron chi connectivity index (χ2n) is 7.28. The quantitative estimate of drug-likeness (QED) is 0.897. The second-order valence-corrected chi connectivity index (χ2v) is 9.08. The summed E-state index contributed by atoms with van der Waals surface area (Å²) >= 11 is 7.78. The van der Waals surface area contributed by atoms with Crippen LogP contribution in [0.4, 0.5) is 0 Å². The Kier molecular flexibility index (Phi) is 5.17. The van der Waals surface area contributed by atoms with Crippen LogP contribution in [0.5, 0.6) is 0 Å². The van der Waals surface area contributed by atoms with Gasteiger partial charge in [0.25, 0.3) is 0 Å². The molecule has 1 aromatic rings. The Bertz CT molecular complexity index is 436. The standard InChI is InChI=1S/C16H27ClN2S/c1-11(2)13-10-19(9-12-6-7-15(17)20-12)14(8-18-13)16(3,4)5/h6-7,11,13-14,18H,8-10H2,1-5H3. The highest BCUT2D eigenvalue weighted by molar-refractivity contribution is 7.16. The highest BCUT2D eigenvalue weighted by Crippen LogP contribution is 2.31. The SMILES string of the molecule is CC(C)C1CN(Cc2ccc(Cl)s2)C(C(C)(C)C)CN1. The van der Waals surface area contributed by atoms with Crippen molar-refractivity contribution < 1.29 is 0 Å². The average Bonchev–Trinajstić information content (AvgIpc) is 2.73. The van der Waals surface area contributed by atoms with Gasteiger partial charge in [-0.3, -0.25) is 4.90 Å². The Morgan fingerprint density at radius 2 is 2.10 bits per heavy atom. The van der Waals surface area contributed by atoms with E-state index in [4.69, 9.17) is 11.6 Å². The number of halogens is 1. The molecule has 20 heavy (non-hydrogen) atoms. The van der Waals surface area contributed by atoms with E-state index in [0.717, 1.165) is 24.0 Å². The summed E-state index contributed by atoms with van der Waals surface area (Å²) in [6.45, 7) is 14.8. The Morgan fingerprint density at radius 1 is 1.40 bits per heavy atom. The largest absolute Gasteiger partial charge is 0.311 e. The van der Waals surface area contributed by atoms with Crippen molar-refractivity contribution in [2.24, 2.45) is 11.3 Å². The van der Waals surface area contributed by atoms with Crippen LogP contribution < -0.4 is 5.32 Å². The van der Waals surface area contributed by atoms with Crippen LogP contribution in [0.2, 0.25) is 4.34 Å². The van der Waals surface area contributed by atoms with Gasteiger partial charge in [-0.1, -0.05) is 46.2 Å². The highest BCUT2D eigenvalue weighted by Gasteiger charge is 2.36. The second kappa shape index (κ2) is 6.35. The number of piperazine rings is 1. The lowest BCUT2D eigenvalue weighted by molar-refractivity contribution is 0.0408. The molecule has 0 aromatic carbocycles. The smallest absolute Gasteiger partial charge is 0.0931 e. The summed E-state index contributed by atoms with van der Waals surface area (Å²) < 4.78 is 0.892. The molecule has 1 aliphatic heterocycles. The zero-order valence-electron chi connectivity index (χ0n) is 13.2. The molecule has 4 heteroatoms. The molecule has 1 saturated heterocycles. The molecule has 114 valence electrons. The fraction of sp³-hybridized carbons (Fsp3) is 0.750. The van der Waals surface area contributed by atoms with Gasteiger partial charge in [-0.2, -0.15) is 0 Å². The van der Waals surface area contributed by atoms with Crippen molar-refractivity contribution in [3.63, 3.8) is 0 Å². The van der Waals surface area contributed by atoms with Crippen molar-refractivity contribution in [1.82, 2.24) is 10.2 Å². The Hall–Kier alpha value is -0.0900.